The number of nitrogens with one attached hydrogen (secondary N) is 1. The smallest absolute Gasteiger partial charge is 0.229 e. The van der Waals surface area contributed by atoms with E-state index in [1.807, 2.05) is 73.9 Å². The number of carbonyl (C=O) groups is 1. The Bertz CT molecular complexity index is 940. The van der Waals surface area contributed by atoms with E-state index in [4.69, 9.17) is 0 Å². The first-order valence-electron chi connectivity index (χ1n) is 9.69. The lowest BCUT2D eigenvalue weighted by atomic mass is 9.97. The molecule has 0 spiro atoms. The second-order valence-corrected chi connectivity index (χ2v) is 7.23. The van der Waals surface area contributed by atoms with Crippen molar-refractivity contribution < 1.29 is 4.79 Å². The van der Waals surface area contributed by atoms with Crippen molar-refractivity contribution in [2.24, 2.45) is 5.92 Å². The van der Waals surface area contributed by atoms with Crippen LogP contribution in [0, 0.1) is 12.8 Å². The average molecular weight is 372 g/mol. The van der Waals surface area contributed by atoms with E-state index in [0.717, 1.165) is 41.8 Å². The minimum atomic E-state index is -0.0641. The van der Waals surface area contributed by atoms with Crippen LogP contribution < -0.4 is 10.2 Å². The molecule has 4 rings (SSSR count). The predicted octanol–water partition coefficient (Wildman–Crippen LogP) is 4.31. The zero-order valence-electron chi connectivity index (χ0n) is 16.0. The minimum absolute atomic E-state index is 0.0641. The number of benzene rings is 2. The van der Waals surface area contributed by atoms with Crippen molar-refractivity contribution in [2.45, 2.75) is 19.8 Å². The van der Waals surface area contributed by atoms with Gasteiger partial charge in [-0.3, -0.25) is 4.79 Å². The van der Waals surface area contributed by atoms with Gasteiger partial charge in [0.05, 0.1) is 5.92 Å². The molecule has 1 saturated heterocycles. The van der Waals surface area contributed by atoms with E-state index in [9.17, 15) is 4.79 Å². The summed E-state index contributed by atoms with van der Waals surface area (Å²) in [5.41, 5.74) is 4.05. The molecule has 1 amide bonds. The number of hydrogen-bond donors (Lipinski definition) is 1. The van der Waals surface area contributed by atoms with Crippen molar-refractivity contribution in [2.75, 3.05) is 23.3 Å². The number of hydrogen-bond acceptors (Lipinski definition) is 4. The van der Waals surface area contributed by atoms with Crippen LogP contribution in [0.15, 0.2) is 67.0 Å². The predicted molar refractivity (Wildman–Crippen MR) is 112 cm³/mol. The van der Waals surface area contributed by atoms with Gasteiger partial charge in [0.2, 0.25) is 11.9 Å². The summed E-state index contributed by atoms with van der Waals surface area (Å²) >= 11 is 0. The largest absolute Gasteiger partial charge is 0.340 e. The Morgan fingerprint density at radius 1 is 1.00 bits per heavy atom. The highest BCUT2D eigenvalue weighted by Gasteiger charge is 2.27. The maximum Gasteiger partial charge on any atom is 0.229 e. The number of carbonyl (C=O) groups excluding carboxylic acids is 1. The number of aryl methyl sites for hydroxylation is 1. The third-order valence-electron chi connectivity index (χ3n) is 5.22. The maximum absolute atomic E-state index is 12.8. The molecule has 5 heteroatoms. The second-order valence-electron chi connectivity index (χ2n) is 7.23. The lowest BCUT2D eigenvalue weighted by Crippen LogP contribution is -2.41. The van der Waals surface area contributed by atoms with E-state index >= 15 is 0 Å². The quantitative estimate of drug-likeness (QED) is 0.741. The van der Waals surface area contributed by atoms with Crippen LogP contribution in [-0.4, -0.2) is 29.0 Å². The van der Waals surface area contributed by atoms with Crippen LogP contribution in [0.5, 0.6) is 0 Å². The minimum Gasteiger partial charge on any atom is -0.340 e. The zero-order chi connectivity index (χ0) is 19.3. The lowest BCUT2D eigenvalue weighted by Gasteiger charge is -2.32. The first-order chi connectivity index (χ1) is 13.7. The molecule has 3 aromatic rings. The molecular weight excluding hydrogens is 348 g/mol. The Balaban J connectivity index is 1.43. The van der Waals surface area contributed by atoms with Crippen molar-refractivity contribution in [1.82, 2.24) is 9.97 Å². The zero-order valence-corrected chi connectivity index (χ0v) is 16.0. The molecule has 0 aliphatic carbocycles. The summed E-state index contributed by atoms with van der Waals surface area (Å²) in [4.78, 5) is 24.0. The number of aromatic nitrogens is 2. The molecule has 1 aromatic heterocycles. The van der Waals surface area contributed by atoms with E-state index in [-0.39, 0.29) is 11.8 Å². The Kier molecular flexibility index (Phi) is 5.33. The summed E-state index contributed by atoms with van der Waals surface area (Å²) in [6.07, 6.45) is 5.55. The number of anilines is 2. The number of amides is 1. The molecule has 1 N–H and O–H groups in total. The SMILES string of the molecule is Cc1ccccc1NC(=O)[C@H]1CCCN(c2ncc(-c3ccccc3)cn2)C1. The highest BCUT2D eigenvalue weighted by molar-refractivity contribution is 5.93. The number of para-hydroxylation sites is 1. The van der Waals surface area contributed by atoms with E-state index in [2.05, 4.69) is 20.2 Å². The normalized spacial score (nSPS) is 16.6. The fraction of sp³-hybridized carbons (Fsp3) is 0.261. The summed E-state index contributed by atoms with van der Waals surface area (Å²) in [7, 11) is 0. The lowest BCUT2D eigenvalue weighted by molar-refractivity contribution is -0.120. The summed E-state index contributed by atoms with van der Waals surface area (Å²) < 4.78 is 0. The van der Waals surface area contributed by atoms with Crippen molar-refractivity contribution in [1.29, 1.82) is 0 Å². The van der Waals surface area contributed by atoms with Crippen LogP contribution in [0.1, 0.15) is 18.4 Å². The van der Waals surface area contributed by atoms with E-state index in [1.165, 1.54) is 0 Å². The van der Waals surface area contributed by atoms with Gasteiger partial charge >= 0.3 is 0 Å². The Hall–Kier alpha value is -3.21. The van der Waals surface area contributed by atoms with Gasteiger partial charge in [-0.05, 0) is 37.0 Å². The molecule has 1 aliphatic rings. The molecular formula is C23H24N4O. The molecule has 0 saturated carbocycles. The molecule has 1 atom stereocenters. The molecule has 142 valence electrons. The molecule has 1 fully saturated rings. The van der Waals surface area contributed by atoms with E-state index in [0.29, 0.717) is 12.5 Å². The van der Waals surface area contributed by atoms with Crippen molar-refractivity contribution in [3.05, 3.63) is 72.6 Å². The van der Waals surface area contributed by atoms with Gasteiger partial charge in [0.25, 0.3) is 0 Å². The second kappa shape index (κ2) is 8.21. The van der Waals surface area contributed by atoms with Gasteiger partial charge in [0.15, 0.2) is 0 Å². The Labute approximate surface area is 165 Å². The molecule has 5 nitrogen and oxygen atoms in total. The number of rotatable bonds is 4. The summed E-state index contributed by atoms with van der Waals surface area (Å²) in [5.74, 6) is 0.693. The van der Waals surface area contributed by atoms with Gasteiger partial charge in [0.1, 0.15) is 0 Å². The number of nitrogens with zero attached hydrogens (tertiary/aromatic N) is 3. The summed E-state index contributed by atoms with van der Waals surface area (Å²) in [6.45, 7) is 3.52. The van der Waals surface area contributed by atoms with Crippen molar-refractivity contribution >= 4 is 17.5 Å². The highest BCUT2D eigenvalue weighted by Crippen LogP contribution is 2.24. The molecule has 0 bridgehead atoms. The third kappa shape index (κ3) is 4.03. The fourth-order valence-electron chi connectivity index (χ4n) is 3.58. The fourth-order valence-corrected chi connectivity index (χ4v) is 3.58. The van der Waals surface area contributed by atoms with Gasteiger partial charge in [-0.15, -0.1) is 0 Å². The molecule has 0 radical (unpaired) electrons. The molecule has 0 unspecified atom stereocenters. The van der Waals surface area contributed by atoms with Crippen LogP contribution in [0.2, 0.25) is 0 Å². The third-order valence-corrected chi connectivity index (χ3v) is 5.22. The summed E-state index contributed by atoms with van der Waals surface area (Å²) in [6, 6.07) is 18.0. The van der Waals surface area contributed by atoms with Crippen LogP contribution >= 0.6 is 0 Å². The van der Waals surface area contributed by atoms with Crippen LogP contribution in [0.4, 0.5) is 11.6 Å². The van der Waals surface area contributed by atoms with Crippen LogP contribution in [-0.2, 0) is 4.79 Å². The first-order valence-corrected chi connectivity index (χ1v) is 9.69. The number of piperidine rings is 1. The van der Waals surface area contributed by atoms with Gasteiger partial charge in [-0.1, -0.05) is 48.5 Å². The maximum atomic E-state index is 12.8. The average Bonchev–Trinajstić information content (AvgIpc) is 2.76. The van der Waals surface area contributed by atoms with Gasteiger partial charge in [0, 0.05) is 36.7 Å². The Morgan fingerprint density at radius 2 is 1.71 bits per heavy atom. The topological polar surface area (TPSA) is 58.1 Å². The molecule has 1 aliphatic heterocycles. The molecule has 2 aromatic carbocycles. The van der Waals surface area contributed by atoms with E-state index in [1.54, 1.807) is 0 Å². The van der Waals surface area contributed by atoms with Crippen LogP contribution in [0.25, 0.3) is 11.1 Å². The Morgan fingerprint density at radius 3 is 2.46 bits per heavy atom. The van der Waals surface area contributed by atoms with Gasteiger partial charge in [-0.25, -0.2) is 9.97 Å². The molecule has 28 heavy (non-hydrogen) atoms. The molecule has 2 heterocycles. The van der Waals surface area contributed by atoms with Crippen molar-refractivity contribution in [3.63, 3.8) is 0 Å². The monoisotopic (exact) mass is 372 g/mol. The highest BCUT2D eigenvalue weighted by atomic mass is 16.1. The van der Waals surface area contributed by atoms with E-state index < -0.39 is 0 Å². The van der Waals surface area contributed by atoms with Gasteiger partial charge in [-0.2, -0.15) is 0 Å². The van der Waals surface area contributed by atoms with Crippen molar-refractivity contribution in [3.8, 4) is 11.1 Å². The first kappa shape index (κ1) is 18.2. The summed E-state index contributed by atoms with van der Waals surface area (Å²) in [5, 5.41) is 3.08. The van der Waals surface area contributed by atoms with Gasteiger partial charge < -0.3 is 10.2 Å². The standard InChI is InChI=1S/C23H24N4O/c1-17-8-5-6-12-21(17)26-22(28)19-11-7-13-27(16-19)23-24-14-20(15-25-23)18-9-3-2-4-10-18/h2-6,8-10,12,14-15,19H,7,11,13,16H2,1H3,(H,26,28)/t19-/m0/s1. The van der Waals surface area contributed by atoms with Crippen LogP contribution in [0.3, 0.4) is 0 Å².